The zero-order valence-electron chi connectivity index (χ0n) is 12.2. The van der Waals surface area contributed by atoms with Crippen LogP contribution in [0.1, 0.15) is 20.8 Å². The van der Waals surface area contributed by atoms with Crippen LogP contribution in [0.4, 0.5) is 4.39 Å². The van der Waals surface area contributed by atoms with Gasteiger partial charge in [0.05, 0.1) is 11.0 Å². The van der Waals surface area contributed by atoms with Gasteiger partial charge >= 0.3 is 11.7 Å². The highest BCUT2D eigenvalue weighted by molar-refractivity contribution is 9.10. The van der Waals surface area contributed by atoms with E-state index in [1.165, 1.54) is 25.3 Å². The number of halogens is 2. The second kappa shape index (κ2) is 5.99. The molecule has 9 heteroatoms. The molecule has 0 atom stereocenters. The lowest BCUT2D eigenvalue weighted by Crippen LogP contribution is -2.38. The summed E-state index contributed by atoms with van der Waals surface area (Å²) in [6, 6.07) is 4.32. The third-order valence-electron chi connectivity index (χ3n) is 3.53. The first-order valence-electron chi connectivity index (χ1n) is 6.72. The summed E-state index contributed by atoms with van der Waals surface area (Å²) in [5, 5.41) is 9.06. The van der Waals surface area contributed by atoms with E-state index >= 15 is 0 Å². The summed E-state index contributed by atoms with van der Waals surface area (Å²) in [6.45, 7) is 1.42. The van der Waals surface area contributed by atoms with Crippen molar-refractivity contribution < 1.29 is 14.3 Å². The number of carbonyl (C=O) groups is 1. The van der Waals surface area contributed by atoms with Crippen molar-refractivity contribution >= 4 is 38.1 Å². The van der Waals surface area contributed by atoms with Crippen molar-refractivity contribution in [1.82, 2.24) is 8.97 Å². The molecule has 2 heterocycles. The SMILES string of the molecule is Cc1c(=O)n(Cc2ccc(Br)c(F)c2)c(=O)n2cc(C(=O)O)sc12. The predicted octanol–water partition coefficient (Wildman–Crippen LogP) is 2.48. The summed E-state index contributed by atoms with van der Waals surface area (Å²) in [7, 11) is 0. The number of nitrogens with zero attached hydrogens (tertiary/aromatic N) is 2. The van der Waals surface area contributed by atoms with Gasteiger partial charge in [-0.1, -0.05) is 6.07 Å². The van der Waals surface area contributed by atoms with Crippen molar-refractivity contribution in [2.24, 2.45) is 0 Å². The Morgan fingerprint density at radius 1 is 1.38 bits per heavy atom. The number of fused-ring (bicyclic) bond motifs is 1. The van der Waals surface area contributed by atoms with Crippen LogP contribution < -0.4 is 11.2 Å². The molecule has 0 saturated carbocycles. The molecule has 0 fully saturated rings. The van der Waals surface area contributed by atoms with Crippen molar-refractivity contribution in [2.45, 2.75) is 13.5 Å². The molecule has 2 aromatic heterocycles. The van der Waals surface area contributed by atoms with E-state index in [2.05, 4.69) is 15.9 Å². The van der Waals surface area contributed by atoms with E-state index in [0.717, 1.165) is 20.3 Å². The number of hydrogen-bond donors (Lipinski definition) is 1. The lowest BCUT2D eigenvalue weighted by atomic mass is 10.2. The average Bonchev–Trinajstić information content (AvgIpc) is 2.99. The van der Waals surface area contributed by atoms with Crippen LogP contribution in [0.25, 0.3) is 4.83 Å². The minimum Gasteiger partial charge on any atom is -0.477 e. The molecule has 3 aromatic rings. The molecule has 6 nitrogen and oxygen atoms in total. The molecule has 0 aliphatic rings. The highest BCUT2D eigenvalue weighted by atomic mass is 79.9. The van der Waals surface area contributed by atoms with Crippen molar-refractivity contribution in [3.63, 3.8) is 0 Å². The number of aryl methyl sites for hydroxylation is 1. The van der Waals surface area contributed by atoms with E-state index in [1.807, 2.05) is 0 Å². The quantitative estimate of drug-likeness (QED) is 0.716. The van der Waals surface area contributed by atoms with Gasteiger partial charge in [0.25, 0.3) is 5.56 Å². The number of benzene rings is 1. The molecule has 24 heavy (non-hydrogen) atoms. The maximum atomic E-state index is 13.6. The standard InChI is InChI=1S/C15H10BrFN2O4S/c1-7-12(20)18(5-8-2-3-9(16)10(17)4-8)15(23)19-6-11(14(21)22)24-13(7)19/h2-4,6H,5H2,1H3,(H,21,22). The Labute approximate surface area is 146 Å². The minimum absolute atomic E-state index is 0.0398. The normalized spacial score (nSPS) is 11.1. The van der Waals surface area contributed by atoms with Gasteiger partial charge in [0.2, 0.25) is 0 Å². The van der Waals surface area contributed by atoms with Crippen LogP contribution in [0.2, 0.25) is 0 Å². The van der Waals surface area contributed by atoms with Crippen molar-refractivity contribution in [1.29, 1.82) is 0 Å². The summed E-state index contributed by atoms with van der Waals surface area (Å²) in [5.41, 5.74) is -0.470. The van der Waals surface area contributed by atoms with Crippen molar-refractivity contribution in [3.8, 4) is 0 Å². The molecule has 1 N–H and O–H groups in total. The van der Waals surface area contributed by atoms with Crippen LogP contribution in [0, 0.1) is 12.7 Å². The molecular formula is C15H10BrFN2O4S. The average molecular weight is 413 g/mol. The van der Waals surface area contributed by atoms with E-state index in [4.69, 9.17) is 5.11 Å². The molecule has 0 aliphatic carbocycles. The summed E-state index contributed by atoms with van der Waals surface area (Å²) in [5.74, 6) is -1.67. The van der Waals surface area contributed by atoms with E-state index < -0.39 is 23.0 Å². The Morgan fingerprint density at radius 3 is 2.71 bits per heavy atom. The van der Waals surface area contributed by atoms with E-state index in [1.54, 1.807) is 6.07 Å². The third kappa shape index (κ3) is 2.69. The number of aromatic carboxylic acids is 1. The number of carboxylic acids is 1. The predicted molar refractivity (Wildman–Crippen MR) is 90.7 cm³/mol. The van der Waals surface area contributed by atoms with Gasteiger partial charge in [-0.2, -0.15) is 0 Å². The van der Waals surface area contributed by atoms with Gasteiger partial charge in [-0.3, -0.25) is 13.8 Å². The lowest BCUT2D eigenvalue weighted by Gasteiger charge is -2.08. The van der Waals surface area contributed by atoms with Crippen LogP contribution in [0.3, 0.4) is 0 Å². The van der Waals surface area contributed by atoms with Crippen LogP contribution >= 0.6 is 27.3 Å². The second-order valence-electron chi connectivity index (χ2n) is 5.12. The molecule has 0 spiro atoms. The van der Waals surface area contributed by atoms with Gasteiger partial charge in [-0.25, -0.2) is 14.0 Å². The van der Waals surface area contributed by atoms with Gasteiger partial charge in [0, 0.05) is 11.8 Å². The highest BCUT2D eigenvalue weighted by Gasteiger charge is 2.17. The smallest absolute Gasteiger partial charge is 0.347 e. The van der Waals surface area contributed by atoms with Crippen molar-refractivity contribution in [3.05, 3.63) is 71.5 Å². The fraction of sp³-hybridized carbons (Fsp3) is 0.133. The van der Waals surface area contributed by atoms with Gasteiger partial charge < -0.3 is 5.11 Å². The maximum Gasteiger partial charge on any atom is 0.347 e. The fourth-order valence-corrected chi connectivity index (χ4v) is 3.49. The Bertz CT molecular complexity index is 1100. The summed E-state index contributed by atoms with van der Waals surface area (Å²) in [6.07, 6.45) is 1.19. The van der Waals surface area contributed by atoms with E-state index in [0.29, 0.717) is 10.4 Å². The summed E-state index contributed by atoms with van der Waals surface area (Å²) >= 11 is 3.90. The molecule has 0 unspecified atom stereocenters. The molecule has 0 radical (unpaired) electrons. The van der Waals surface area contributed by atoms with Gasteiger partial charge in [0.1, 0.15) is 15.5 Å². The Morgan fingerprint density at radius 2 is 2.08 bits per heavy atom. The number of rotatable bonds is 3. The second-order valence-corrected chi connectivity index (χ2v) is 7.01. The van der Waals surface area contributed by atoms with E-state index in [-0.39, 0.29) is 21.5 Å². The Kier molecular flexibility index (Phi) is 4.14. The summed E-state index contributed by atoms with van der Waals surface area (Å²) < 4.78 is 16.0. The minimum atomic E-state index is -1.17. The first-order valence-corrected chi connectivity index (χ1v) is 8.33. The van der Waals surface area contributed by atoms with Crippen LogP contribution in [-0.4, -0.2) is 20.0 Å². The number of thiazole rings is 1. The van der Waals surface area contributed by atoms with Crippen molar-refractivity contribution in [2.75, 3.05) is 0 Å². The zero-order valence-corrected chi connectivity index (χ0v) is 14.6. The number of carboxylic acid groups (broad SMARTS) is 1. The van der Waals surface area contributed by atoms with Crippen LogP contribution in [0.15, 0.2) is 38.5 Å². The molecule has 0 aliphatic heterocycles. The molecule has 0 bridgehead atoms. The largest absolute Gasteiger partial charge is 0.477 e. The van der Waals surface area contributed by atoms with Gasteiger partial charge in [-0.15, -0.1) is 11.3 Å². The van der Waals surface area contributed by atoms with Gasteiger partial charge in [0.15, 0.2) is 0 Å². The van der Waals surface area contributed by atoms with Crippen LogP contribution in [0.5, 0.6) is 0 Å². The molecule has 1 aromatic carbocycles. The molecule has 3 rings (SSSR count). The lowest BCUT2D eigenvalue weighted by molar-refractivity contribution is 0.0701. The zero-order chi connectivity index (χ0) is 17.6. The number of aromatic nitrogens is 2. The number of hydrogen-bond acceptors (Lipinski definition) is 4. The molecule has 0 saturated heterocycles. The molecular weight excluding hydrogens is 403 g/mol. The van der Waals surface area contributed by atoms with E-state index in [9.17, 15) is 18.8 Å². The Balaban J connectivity index is 2.21. The van der Waals surface area contributed by atoms with Crippen LogP contribution in [-0.2, 0) is 6.54 Å². The first kappa shape index (κ1) is 16.6. The maximum absolute atomic E-state index is 13.6. The molecule has 0 amide bonds. The topological polar surface area (TPSA) is 80.8 Å². The fourth-order valence-electron chi connectivity index (χ4n) is 2.32. The Hall–Kier alpha value is -2.26. The first-order chi connectivity index (χ1) is 11.3. The third-order valence-corrected chi connectivity index (χ3v) is 5.37. The summed E-state index contributed by atoms with van der Waals surface area (Å²) in [4.78, 5) is 36.3. The molecule has 124 valence electrons. The monoisotopic (exact) mass is 412 g/mol. The van der Waals surface area contributed by atoms with Gasteiger partial charge in [-0.05, 0) is 40.5 Å². The highest BCUT2D eigenvalue weighted by Crippen LogP contribution is 2.19.